The molecule has 0 fully saturated rings. The number of benzene rings is 1. The molecule has 0 bridgehead atoms. The Bertz CT molecular complexity index is 863. The fourth-order valence-electron chi connectivity index (χ4n) is 3.73. The zero-order valence-electron chi connectivity index (χ0n) is 16.3. The van der Waals surface area contributed by atoms with Crippen LogP contribution in [0.3, 0.4) is 0 Å². The molecule has 26 heavy (non-hydrogen) atoms. The van der Waals surface area contributed by atoms with Crippen LogP contribution >= 0.6 is 0 Å². The largest absolute Gasteiger partial charge is 0.423 e. The number of carbonyl (C=O) groups excluding carboxylic acids is 1. The van der Waals surface area contributed by atoms with E-state index < -0.39 is 5.97 Å². The first kappa shape index (κ1) is 18.4. The molecule has 1 aromatic carbocycles. The molecule has 0 saturated heterocycles. The van der Waals surface area contributed by atoms with Crippen LogP contribution < -0.4 is 0 Å². The fourth-order valence-corrected chi connectivity index (χ4v) is 3.73. The highest BCUT2D eigenvalue weighted by Crippen LogP contribution is 2.47. The van der Waals surface area contributed by atoms with Crippen LogP contribution in [0.5, 0.6) is 0 Å². The zero-order chi connectivity index (χ0) is 19.1. The second-order valence-corrected chi connectivity index (χ2v) is 8.53. The molecule has 3 nitrogen and oxygen atoms in total. The fraction of sp³-hybridized carbons (Fsp3) is 0.391. The van der Waals surface area contributed by atoms with Crippen molar-refractivity contribution in [2.75, 3.05) is 0 Å². The maximum Gasteiger partial charge on any atom is 0.345 e. The highest BCUT2D eigenvalue weighted by Gasteiger charge is 2.37. The zero-order valence-corrected chi connectivity index (χ0v) is 16.3. The number of fused-ring (bicyclic) bond motifs is 1. The number of carbonyl (C=O) groups is 1. The first-order valence-corrected chi connectivity index (χ1v) is 9.09. The van der Waals surface area contributed by atoms with Crippen LogP contribution in [0.4, 0.5) is 0 Å². The minimum atomic E-state index is -0.431. The number of nitrogens with zero attached hydrogens (tertiary/aromatic N) is 1. The SMILES string of the molecule is C=C(OC(=O)c1cccnc1)c1cc2c(cc1C)C(C)(C)CCC2(C)C. The summed E-state index contributed by atoms with van der Waals surface area (Å²) in [5.74, 6) is -0.0434. The Hall–Kier alpha value is -2.42. The van der Waals surface area contributed by atoms with Gasteiger partial charge in [-0.15, -0.1) is 0 Å². The van der Waals surface area contributed by atoms with Gasteiger partial charge in [-0.1, -0.05) is 40.3 Å². The number of aromatic nitrogens is 1. The van der Waals surface area contributed by atoms with Gasteiger partial charge in [0.15, 0.2) is 0 Å². The number of aryl methyl sites for hydroxylation is 1. The minimum absolute atomic E-state index is 0.0982. The average molecular weight is 349 g/mol. The quantitative estimate of drug-likeness (QED) is 0.537. The van der Waals surface area contributed by atoms with E-state index in [4.69, 9.17) is 4.74 Å². The van der Waals surface area contributed by atoms with E-state index in [-0.39, 0.29) is 10.8 Å². The molecule has 0 spiro atoms. The van der Waals surface area contributed by atoms with Crippen LogP contribution in [-0.4, -0.2) is 11.0 Å². The molecule has 1 heterocycles. The van der Waals surface area contributed by atoms with Gasteiger partial charge in [-0.25, -0.2) is 4.79 Å². The predicted octanol–water partition coefficient (Wildman–Crippen LogP) is 5.57. The Morgan fingerprint density at radius 1 is 1.12 bits per heavy atom. The van der Waals surface area contributed by atoms with Gasteiger partial charge in [0.1, 0.15) is 5.76 Å². The van der Waals surface area contributed by atoms with Gasteiger partial charge in [-0.2, -0.15) is 0 Å². The summed E-state index contributed by atoms with van der Waals surface area (Å²) in [6.07, 6.45) is 5.43. The van der Waals surface area contributed by atoms with Crippen molar-refractivity contribution in [2.24, 2.45) is 0 Å². The predicted molar refractivity (Wildman–Crippen MR) is 105 cm³/mol. The molecular formula is C23H27NO2. The first-order chi connectivity index (χ1) is 12.1. The molecular weight excluding hydrogens is 322 g/mol. The topological polar surface area (TPSA) is 39.2 Å². The molecule has 0 atom stereocenters. The Kier molecular flexibility index (Phi) is 4.51. The summed E-state index contributed by atoms with van der Waals surface area (Å²) in [6, 6.07) is 7.82. The van der Waals surface area contributed by atoms with Gasteiger partial charge in [0.05, 0.1) is 5.56 Å². The monoisotopic (exact) mass is 349 g/mol. The van der Waals surface area contributed by atoms with Gasteiger partial charge in [-0.3, -0.25) is 4.98 Å². The molecule has 0 unspecified atom stereocenters. The first-order valence-electron chi connectivity index (χ1n) is 9.09. The summed E-state index contributed by atoms with van der Waals surface area (Å²) >= 11 is 0. The molecule has 0 N–H and O–H groups in total. The van der Waals surface area contributed by atoms with E-state index >= 15 is 0 Å². The van der Waals surface area contributed by atoms with Crippen molar-refractivity contribution in [3.8, 4) is 0 Å². The lowest BCUT2D eigenvalue weighted by Gasteiger charge is -2.42. The van der Waals surface area contributed by atoms with E-state index in [2.05, 4.69) is 58.3 Å². The Balaban J connectivity index is 1.96. The van der Waals surface area contributed by atoms with Crippen molar-refractivity contribution >= 4 is 11.7 Å². The van der Waals surface area contributed by atoms with Crippen molar-refractivity contribution in [3.63, 3.8) is 0 Å². The standard InChI is InChI=1S/C23H27NO2/c1-15-12-19-20(23(5,6)10-9-22(19,3)4)13-18(15)16(2)26-21(25)17-8-7-11-24-14-17/h7-8,11-14H,2,9-10H2,1,3-6H3. The van der Waals surface area contributed by atoms with Crippen molar-refractivity contribution in [1.29, 1.82) is 0 Å². The van der Waals surface area contributed by atoms with Gasteiger partial charge in [-0.05, 0) is 65.5 Å². The summed E-state index contributed by atoms with van der Waals surface area (Å²) in [5.41, 5.74) is 5.37. The van der Waals surface area contributed by atoms with Crippen molar-refractivity contribution in [2.45, 2.75) is 58.3 Å². The van der Waals surface area contributed by atoms with E-state index in [9.17, 15) is 4.79 Å². The maximum absolute atomic E-state index is 12.3. The molecule has 136 valence electrons. The maximum atomic E-state index is 12.3. The minimum Gasteiger partial charge on any atom is -0.423 e. The van der Waals surface area contributed by atoms with Gasteiger partial charge >= 0.3 is 5.97 Å². The van der Waals surface area contributed by atoms with Gasteiger partial charge in [0.25, 0.3) is 0 Å². The number of rotatable bonds is 3. The number of esters is 1. The molecule has 0 saturated carbocycles. The summed E-state index contributed by atoms with van der Waals surface area (Å²) in [6.45, 7) is 15.2. The van der Waals surface area contributed by atoms with Crippen molar-refractivity contribution < 1.29 is 9.53 Å². The lowest BCUT2D eigenvalue weighted by Crippen LogP contribution is -2.34. The summed E-state index contributed by atoms with van der Waals surface area (Å²) in [4.78, 5) is 16.3. The highest BCUT2D eigenvalue weighted by molar-refractivity contribution is 5.92. The van der Waals surface area contributed by atoms with Crippen LogP contribution in [0.1, 0.15) is 73.1 Å². The third-order valence-electron chi connectivity index (χ3n) is 5.61. The van der Waals surface area contributed by atoms with Crippen LogP contribution in [0.15, 0.2) is 43.2 Å². The van der Waals surface area contributed by atoms with Gasteiger partial charge in [0.2, 0.25) is 0 Å². The molecule has 2 aromatic rings. The second-order valence-electron chi connectivity index (χ2n) is 8.53. The molecule has 0 amide bonds. The van der Waals surface area contributed by atoms with E-state index in [1.54, 1.807) is 18.3 Å². The summed E-state index contributed by atoms with van der Waals surface area (Å²) in [7, 11) is 0. The number of pyridine rings is 1. The van der Waals surface area contributed by atoms with Crippen LogP contribution in [-0.2, 0) is 15.6 Å². The van der Waals surface area contributed by atoms with E-state index in [0.29, 0.717) is 11.3 Å². The molecule has 0 aliphatic heterocycles. The smallest absolute Gasteiger partial charge is 0.345 e. The number of hydrogen-bond acceptors (Lipinski definition) is 3. The molecule has 1 aliphatic carbocycles. The Labute approximate surface area is 156 Å². The van der Waals surface area contributed by atoms with E-state index in [0.717, 1.165) is 17.5 Å². The Morgan fingerprint density at radius 3 is 2.31 bits per heavy atom. The van der Waals surface area contributed by atoms with Gasteiger partial charge < -0.3 is 4.74 Å². The molecule has 3 rings (SSSR count). The Morgan fingerprint density at radius 2 is 1.73 bits per heavy atom. The summed E-state index contributed by atoms with van der Waals surface area (Å²) in [5, 5.41) is 0. The average Bonchev–Trinajstić information content (AvgIpc) is 2.59. The second kappa shape index (κ2) is 6.39. The van der Waals surface area contributed by atoms with Gasteiger partial charge in [0, 0.05) is 18.0 Å². The summed E-state index contributed by atoms with van der Waals surface area (Å²) < 4.78 is 5.54. The lowest BCUT2D eigenvalue weighted by atomic mass is 9.62. The van der Waals surface area contributed by atoms with E-state index in [1.807, 2.05) is 0 Å². The normalized spacial score (nSPS) is 17.3. The van der Waals surface area contributed by atoms with Crippen LogP contribution in [0, 0.1) is 6.92 Å². The molecule has 1 aliphatic rings. The third kappa shape index (κ3) is 3.31. The van der Waals surface area contributed by atoms with Crippen LogP contribution in [0.25, 0.3) is 5.76 Å². The highest BCUT2D eigenvalue weighted by atomic mass is 16.5. The molecule has 3 heteroatoms. The number of ether oxygens (including phenoxy) is 1. The molecule has 0 radical (unpaired) electrons. The lowest BCUT2D eigenvalue weighted by molar-refractivity contribution is 0.0692. The number of hydrogen-bond donors (Lipinski definition) is 0. The van der Waals surface area contributed by atoms with Crippen molar-refractivity contribution in [3.05, 3.63) is 71.1 Å². The van der Waals surface area contributed by atoms with Crippen LogP contribution in [0.2, 0.25) is 0 Å². The molecule has 1 aromatic heterocycles. The third-order valence-corrected chi connectivity index (χ3v) is 5.61. The van der Waals surface area contributed by atoms with Crippen molar-refractivity contribution in [1.82, 2.24) is 4.98 Å². The van der Waals surface area contributed by atoms with E-state index in [1.165, 1.54) is 23.7 Å².